The van der Waals surface area contributed by atoms with Gasteiger partial charge in [0, 0.05) is 19.5 Å². The molecule has 1 aromatic carbocycles. The number of nitrogens with zero attached hydrogens (tertiary/aromatic N) is 1. The van der Waals surface area contributed by atoms with Crippen LogP contribution in [0.4, 0.5) is 0 Å². The molecule has 1 aliphatic rings. The zero-order valence-electron chi connectivity index (χ0n) is 10.4. The summed E-state index contributed by atoms with van der Waals surface area (Å²) in [6.45, 7) is 3.55. The minimum atomic E-state index is 0. The second-order valence-corrected chi connectivity index (χ2v) is 5.17. The Morgan fingerprint density at radius 1 is 1.21 bits per heavy atom. The van der Waals surface area contributed by atoms with Crippen molar-refractivity contribution in [1.82, 2.24) is 4.90 Å². The average molecular weight is 325 g/mol. The Hall–Kier alpha value is -0.320. The van der Waals surface area contributed by atoms with Gasteiger partial charge in [0.25, 0.3) is 0 Å². The van der Waals surface area contributed by atoms with E-state index >= 15 is 0 Å². The Morgan fingerprint density at radius 3 is 2.53 bits per heavy atom. The van der Waals surface area contributed by atoms with Crippen molar-refractivity contribution in [2.45, 2.75) is 6.42 Å². The summed E-state index contributed by atoms with van der Waals surface area (Å²) < 4.78 is 5.24. The Bertz CT molecular complexity index is 434. The van der Waals surface area contributed by atoms with E-state index < -0.39 is 0 Å². The van der Waals surface area contributed by atoms with Crippen LogP contribution in [0.5, 0.6) is 0 Å². The number of carbonyl (C=O) groups excluding carboxylic acids is 1. The van der Waals surface area contributed by atoms with Gasteiger partial charge in [-0.3, -0.25) is 9.69 Å². The number of hydrogen-bond acceptors (Lipinski definition) is 3. The van der Waals surface area contributed by atoms with Crippen LogP contribution >= 0.6 is 35.6 Å². The van der Waals surface area contributed by atoms with Gasteiger partial charge in [-0.05, 0) is 17.7 Å². The van der Waals surface area contributed by atoms with Crippen molar-refractivity contribution in [2.75, 3.05) is 32.8 Å². The fourth-order valence-electron chi connectivity index (χ4n) is 1.94. The molecular formula is C13H16Cl3NO2. The lowest BCUT2D eigenvalue weighted by Crippen LogP contribution is -2.39. The Balaban J connectivity index is 0.00000180. The molecule has 0 aliphatic carbocycles. The van der Waals surface area contributed by atoms with Crippen molar-refractivity contribution in [1.29, 1.82) is 0 Å². The summed E-state index contributed by atoms with van der Waals surface area (Å²) in [6, 6.07) is 5.31. The summed E-state index contributed by atoms with van der Waals surface area (Å²) >= 11 is 11.8. The summed E-state index contributed by atoms with van der Waals surface area (Å²) in [7, 11) is 0. The summed E-state index contributed by atoms with van der Waals surface area (Å²) in [4.78, 5) is 14.0. The first-order valence-electron chi connectivity index (χ1n) is 5.91. The lowest BCUT2D eigenvalue weighted by atomic mass is 10.1. The standard InChI is InChI=1S/C13H15Cl2NO2.ClH/c14-12-2-1-10(8-13(12)15)7-11(17)9-16-3-5-18-6-4-16;/h1-2,8H,3-7,9H2;1H. The van der Waals surface area contributed by atoms with E-state index in [9.17, 15) is 4.79 Å². The van der Waals surface area contributed by atoms with Gasteiger partial charge in [-0.25, -0.2) is 0 Å². The number of rotatable bonds is 4. The van der Waals surface area contributed by atoms with Gasteiger partial charge in [-0.2, -0.15) is 0 Å². The van der Waals surface area contributed by atoms with Crippen LogP contribution in [-0.2, 0) is 16.0 Å². The summed E-state index contributed by atoms with van der Waals surface area (Å²) in [6.07, 6.45) is 0.397. The molecule has 0 radical (unpaired) electrons. The largest absolute Gasteiger partial charge is 0.379 e. The van der Waals surface area contributed by atoms with Gasteiger partial charge in [0.1, 0.15) is 0 Å². The molecule has 1 aliphatic heterocycles. The maximum Gasteiger partial charge on any atom is 0.151 e. The number of ketones is 1. The van der Waals surface area contributed by atoms with Crippen LogP contribution in [0.25, 0.3) is 0 Å². The number of morpholine rings is 1. The maximum atomic E-state index is 11.9. The second kappa shape index (κ2) is 8.08. The third kappa shape index (κ3) is 5.28. The van der Waals surface area contributed by atoms with Crippen molar-refractivity contribution >= 4 is 41.4 Å². The topological polar surface area (TPSA) is 29.5 Å². The molecule has 1 fully saturated rings. The zero-order valence-corrected chi connectivity index (χ0v) is 12.7. The van der Waals surface area contributed by atoms with E-state index in [2.05, 4.69) is 4.90 Å². The van der Waals surface area contributed by atoms with E-state index in [4.69, 9.17) is 27.9 Å². The van der Waals surface area contributed by atoms with Gasteiger partial charge in [-0.15, -0.1) is 12.4 Å². The molecule has 0 aromatic heterocycles. The monoisotopic (exact) mass is 323 g/mol. The van der Waals surface area contributed by atoms with Gasteiger partial charge < -0.3 is 4.74 Å². The number of ether oxygens (including phenoxy) is 1. The Labute approximate surface area is 129 Å². The molecule has 6 heteroatoms. The molecule has 0 spiro atoms. The minimum Gasteiger partial charge on any atom is -0.379 e. The third-order valence-electron chi connectivity index (χ3n) is 2.89. The molecular weight excluding hydrogens is 309 g/mol. The van der Waals surface area contributed by atoms with Crippen LogP contribution in [0.2, 0.25) is 10.0 Å². The number of benzene rings is 1. The third-order valence-corrected chi connectivity index (χ3v) is 3.63. The molecule has 0 atom stereocenters. The Kier molecular flexibility index (Phi) is 7.11. The van der Waals surface area contributed by atoms with E-state index in [-0.39, 0.29) is 18.2 Å². The van der Waals surface area contributed by atoms with Crippen LogP contribution in [0, 0.1) is 0 Å². The Morgan fingerprint density at radius 2 is 1.89 bits per heavy atom. The minimum absolute atomic E-state index is 0. The van der Waals surface area contributed by atoms with Crippen molar-refractivity contribution in [3.63, 3.8) is 0 Å². The van der Waals surface area contributed by atoms with Crippen molar-refractivity contribution in [3.8, 4) is 0 Å². The van der Waals surface area contributed by atoms with Crippen LogP contribution in [0.15, 0.2) is 18.2 Å². The number of halogens is 3. The van der Waals surface area contributed by atoms with Crippen molar-refractivity contribution in [2.24, 2.45) is 0 Å². The quantitative estimate of drug-likeness (QED) is 0.853. The molecule has 1 saturated heterocycles. The maximum absolute atomic E-state index is 11.9. The fourth-order valence-corrected chi connectivity index (χ4v) is 2.26. The molecule has 106 valence electrons. The number of Topliss-reactive ketones (excluding diaryl/α,β-unsaturated/α-hetero) is 1. The predicted molar refractivity (Wildman–Crippen MR) is 79.7 cm³/mol. The smallest absolute Gasteiger partial charge is 0.151 e. The first-order chi connectivity index (χ1) is 8.65. The highest BCUT2D eigenvalue weighted by Crippen LogP contribution is 2.22. The van der Waals surface area contributed by atoms with E-state index in [0.29, 0.717) is 36.2 Å². The summed E-state index contributed by atoms with van der Waals surface area (Å²) in [5.41, 5.74) is 0.905. The van der Waals surface area contributed by atoms with Gasteiger partial charge >= 0.3 is 0 Å². The SMILES string of the molecule is Cl.O=C(Cc1ccc(Cl)c(Cl)c1)CN1CCOCC1. The molecule has 1 heterocycles. The molecule has 0 N–H and O–H groups in total. The molecule has 0 amide bonds. The van der Waals surface area contributed by atoms with Gasteiger partial charge in [0.05, 0.1) is 29.8 Å². The van der Waals surface area contributed by atoms with Crippen LogP contribution < -0.4 is 0 Å². The number of hydrogen-bond donors (Lipinski definition) is 0. The van der Waals surface area contributed by atoms with Crippen molar-refractivity contribution < 1.29 is 9.53 Å². The second-order valence-electron chi connectivity index (χ2n) is 4.35. The number of carbonyl (C=O) groups is 1. The van der Waals surface area contributed by atoms with Gasteiger partial charge in [0.2, 0.25) is 0 Å². The first-order valence-corrected chi connectivity index (χ1v) is 6.66. The highest BCUT2D eigenvalue weighted by Gasteiger charge is 2.14. The molecule has 0 unspecified atom stereocenters. The van der Waals surface area contributed by atoms with Crippen LogP contribution in [-0.4, -0.2) is 43.5 Å². The normalized spacial score (nSPS) is 15.9. The molecule has 2 rings (SSSR count). The van der Waals surface area contributed by atoms with E-state index in [0.717, 1.165) is 18.7 Å². The lowest BCUT2D eigenvalue weighted by Gasteiger charge is -2.25. The van der Waals surface area contributed by atoms with Crippen LogP contribution in [0.1, 0.15) is 5.56 Å². The van der Waals surface area contributed by atoms with Gasteiger partial charge in [0.15, 0.2) is 5.78 Å². The molecule has 3 nitrogen and oxygen atoms in total. The summed E-state index contributed by atoms with van der Waals surface area (Å²) in [5.74, 6) is 0.190. The lowest BCUT2D eigenvalue weighted by molar-refractivity contribution is -0.120. The predicted octanol–water partition coefficient (Wildman–Crippen LogP) is 2.86. The van der Waals surface area contributed by atoms with E-state index in [1.165, 1.54) is 0 Å². The summed E-state index contributed by atoms with van der Waals surface area (Å²) in [5, 5.41) is 1.01. The zero-order chi connectivity index (χ0) is 13.0. The average Bonchev–Trinajstić information content (AvgIpc) is 2.35. The molecule has 0 bridgehead atoms. The van der Waals surface area contributed by atoms with Gasteiger partial charge in [-0.1, -0.05) is 29.3 Å². The van der Waals surface area contributed by atoms with E-state index in [1.54, 1.807) is 12.1 Å². The van der Waals surface area contributed by atoms with E-state index in [1.807, 2.05) is 6.07 Å². The first kappa shape index (κ1) is 16.7. The highest BCUT2D eigenvalue weighted by molar-refractivity contribution is 6.42. The highest BCUT2D eigenvalue weighted by atomic mass is 35.5. The van der Waals surface area contributed by atoms with Crippen LogP contribution in [0.3, 0.4) is 0 Å². The molecule has 0 saturated carbocycles. The van der Waals surface area contributed by atoms with Crippen molar-refractivity contribution in [3.05, 3.63) is 33.8 Å². The molecule has 19 heavy (non-hydrogen) atoms. The molecule has 1 aromatic rings. The fraction of sp³-hybridized carbons (Fsp3) is 0.462.